The number of aromatic nitrogens is 3. The van der Waals surface area contributed by atoms with Crippen molar-refractivity contribution < 1.29 is 35.5 Å². The highest BCUT2D eigenvalue weighted by molar-refractivity contribution is 6.31. The molecule has 13 heteroatoms. The molecule has 31 heavy (non-hydrogen) atoms. The van der Waals surface area contributed by atoms with Crippen molar-refractivity contribution in [2.45, 2.75) is 12.4 Å². The normalized spacial score (nSPS) is 12.0. The fourth-order valence-electron chi connectivity index (χ4n) is 2.29. The summed E-state index contributed by atoms with van der Waals surface area (Å²) in [5.41, 5.74) is -0.950. The van der Waals surface area contributed by atoms with Crippen LogP contribution in [0.2, 0.25) is 5.02 Å². The zero-order valence-electron chi connectivity index (χ0n) is 15.0. The summed E-state index contributed by atoms with van der Waals surface area (Å²) in [6, 6.07) is 6.54. The van der Waals surface area contributed by atoms with Crippen molar-refractivity contribution in [3.8, 4) is 17.4 Å². The predicted molar refractivity (Wildman–Crippen MR) is 96.5 cm³/mol. The van der Waals surface area contributed by atoms with Crippen molar-refractivity contribution in [1.29, 1.82) is 0 Å². The molecule has 0 saturated carbocycles. The van der Waals surface area contributed by atoms with Gasteiger partial charge in [-0.25, -0.2) is 4.39 Å². The van der Waals surface area contributed by atoms with Crippen LogP contribution < -0.4 is 10.1 Å². The Bertz CT molecular complexity index is 1090. The van der Waals surface area contributed by atoms with E-state index in [1.165, 1.54) is 12.1 Å². The third kappa shape index (κ3) is 6.17. The van der Waals surface area contributed by atoms with Gasteiger partial charge >= 0.3 is 18.4 Å². The third-order valence-corrected chi connectivity index (χ3v) is 3.89. The Morgan fingerprint density at radius 2 is 1.68 bits per heavy atom. The minimum atomic E-state index is -4.69. The SMILES string of the molecule is Fc1ccc(-c2nc(Nc3cccc(C(F)(F)F)c3)nc(OCC(F)(F)F)n2)cc1Cl. The zero-order valence-corrected chi connectivity index (χ0v) is 15.8. The van der Waals surface area contributed by atoms with Crippen LogP contribution in [-0.4, -0.2) is 27.7 Å². The van der Waals surface area contributed by atoms with E-state index in [2.05, 4.69) is 25.0 Å². The van der Waals surface area contributed by atoms with Crippen molar-refractivity contribution in [2.24, 2.45) is 0 Å². The van der Waals surface area contributed by atoms with Crippen molar-refractivity contribution in [1.82, 2.24) is 15.0 Å². The van der Waals surface area contributed by atoms with E-state index >= 15 is 0 Å². The first-order chi connectivity index (χ1) is 14.4. The minimum absolute atomic E-state index is 0.0918. The molecule has 1 heterocycles. The zero-order chi connectivity index (χ0) is 22.8. The lowest BCUT2D eigenvalue weighted by molar-refractivity contribution is -0.154. The number of anilines is 2. The van der Waals surface area contributed by atoms with Crippen LogP contribution in [0, 0.1) is 5.82 Å². The summed E-state index contributed by atoms with van der Waals surface area (Å²) in [6.07, 6.45) is -9.31. The second-order valence-electron chi connectivity index (χ2n) is 6.00. The van der Waals surface area contributed by atoms with Crippen LogP contribution >= 0.6 is 11.6 Å². The van der Waals surface area contributed by atoms with Gasteiger partial charge in [0, 0.05) is 11.3 Å². The summed E-state index contributed by atoms with van der Waals surface area (Å²) in [7, 11) is 0. The average molecular weight is 467 g/mol. The minimum Gasteiger partial charge on any atom is -0.454 e. The first kappa shape index (κ1) is 22.5. The van der Waals surface area contributed by atoms with Crippen LogP contribution in [0.4, 0.5) is 42.4 Å². The van der Waals surface area contributed by atoms with E-state index in [1.807, 2.05) is 0 Å². The fourth-order valence-corrected chi connectivity index (χ4v) is 2.47. The molecule has 2 aromatic carbocycles. The highest BCUT2D eigenvalue weighted by Crippen LogP contribution is 2.31. The van der Waals surface area contributed by atoms with Gasteiger partial charge in [-0.3, -0.25) is 0 Å². The van der Waals surface area contributed by atoms with E-state index in [0.717, 1.165) is 30.3 Å². The Labute approximate surface area is 174 Å². The molecule has 0 radical (unpaired) electrons. The van der Waals surface area contributed by atoms with Crippen molar-refractivity contribution in [3.63, 3.8) is 0 Å². The molecule has 0 aliphatic carbocycles. The molecule has 0 amide bonds. The number of hydrogen-bond acceptors (Lipinski definition) is 5. The molecule has 0 atom stereocenters. The summed E-state index contributed by atoms with van der Waals surface area (Å²) < 4.78 is 94.1. The lowest BCUT2D eigenvalue weighted by atomic mass is 10.2. The van der Waals surface area contributed by atoms with Gasteiger partial charge in [0.2, 0.25) is 5.95 Å². The maximum atomic E-state index is 13.4. The van der Waals surface area contributed by atoms with Gasteiger partial charge < -0.3 is 10.1 Å². The number of halogens is 8. The first-order valence-electron chi connectivity index (χ1n) is 8.26. The molecule has 3 aromatic rings. The van der Waals surface area contributed by atoms with Gasteiger partial charge in [-0.15, -0.1) is 0 Å². The van der Waals surface area contributed by atoms with E-state index in [1.54, 1.807) is 0 Å². The van der Waals surface area contributed by atoms with Gasteiger partial charge in [0.05, 0.1) is 10.6 Å². The van der Waals surface area contributed by atoms with Crippen LogP contribution in [0.5, 0.6) is 6.01 Å². The maximum absolute atomic E-state index is 13.4. The Balaban J connectivity index is 1.99. The third-order valence-electron chi connectivity index (χ3n) is 3.60. The smallest absolute Gasteiger partial charge is 0.422 e. The molecular formula is C18H10ClF7N4O. The molecule has 5 nitrogen and oxygen atoms in total. The largest absolute Gasteiger partial charge is 0.454 e. The second kappa shape index (κ2) is 8.53. The Kier molecular flexibility index (Phi) is 6.20. The average Bonchev–Trinajstić information content (AvgIpc) is 2.67. The summed E-state index contributed by atoms with van der Waals surface area (Å²) in [5.74, 6) is -1.40. The highest BCUT2D eigenvalue weighted by atomic mass is 35.5. The van der Waals surface area contributed by atoms with Crippen molar-refractivity contribution >= 4 is 23.2 Å². The maximum Gasteiger partial charge on any atom is 0.422 e. The first-order valence-corrected chi connectivity index (χ1v) is 8.64. The number of nitrogens with one attached hydrogen (secondary N) is 1. The molecule has 0 fully saturated rings. The summed E-state index contributed by atoms with van der Waals surface area (Å²) >= 11 is 5.71. The summed E-state index contributed by atoms with van der Waals surface area (Å²) in [6.45, 7) is -1.72. The van der Waals surface area contributed by atoms with Gasteiger partial charge in [-0.1, -0.05) is 17.7 Å². The number of ether oxygens (including phenoxy) is 1. The molecule has 1 N–H and O–H groups in total. The number of hydrogen-bond donors (Lipinski definition) is 1. The van der Waals surface area contributed by atoms with Gasteiger partial charge in [-0.2, -0.15) is 41.3 Å². The standard InChI is InChI=1S/C18H10ClF7N4O/c19-12-6-9(4-5-13(12)20)14-28-15(30-16(29-14)31-8-17(21,22)23)27-11-3-1-2-10(7-11)18(24,25)26/h1-7H,8H2,(H,27,28,29,30). The predicted octanol–water partition coefficient (Wildman–Crippen LogP) is 6.03. The Hall–Kier alpha value is -3.15. The number of nitrogens with zero attached hydrogens (tertiary/aromatic N) is 3. The van der Waals surface area contributed by atoms with Crippen LogP contribution in [0.3, 0.4) is 0 Å². The molecule has 0 bridgehead atoms. The van der Waals surface area contributed by atoms with Crippen LogP contribution in [0.25, 0.3) is 11.4 Å². The summed E-state index contributed by atoms with van der Waals surface area (Å²) in [5, 5.41) is 2.16. The van der Waals surface area contributed by atoms with Crippen molar-refractivity contribution in [3.05, 3.63) is 58.9 Å². The fraction of sp³-hybridized carbons (Fsp3) is 0.167. The van der Waals surface area contributed by atoms with Crippen molar-refractivity contribution in [2.75, 3.05) is 11.9 Å². The summed E-state index contributed by atoms with van der Waals surface area (Å²) in [4.78, 5) is 11.3. The van der Waals surface area contributed by atoms with Crippen LogP contribution in [0.15, 0.2) is 42.5 Å². The molecule has 0 aliphatic rings. The van der Waals surface area contributed by atoms with Gasteiger partial charge in [0.25, 0.3) is 0 Å². The number of alkyl halides is 6. The molecule has 0 saturated heterocycles. The molecule has 3 rings (SSSR count). The van der Waals surface area contributed by atoms with E-state index in [-0.39, 0.29) is 22.1 Å². The van der Waals surface area contributed by atoms with Gasteiger partial charge in [0.1, 0.15) is 5.82 Å². The van der Waals surface area contributed by atoms with E-state index in [9.17, 15) is 30.7 Å². The lowest BCUT2D eigenvalue weighted by Crippen LogP contribution is -2.20. The van der Waals surface area contributed by atoms with Crippen LogP contribution in [-0.2, 0) is 6.18 Å². The molecule has 0 spiro atoms. The number of rotatable bonds is 5. The number of benzene rings is 2. The lowest BCUT2D eigenvalue weighted by Gasteiger charge is -2.12. The quantitative estimate of drug-likeness (QED) is 0.465. The van der Waals surface area contributed by atoms with E-state index in [0.29, 0.717) is 0 Å². The van der Waals surface area contributed by atoms with E-state index in [4.69, 9.17) is 11.6 Å². The second-order valence-corrected chi connectivity index (χ2v) is 6.41. The molecular weight excluding hydrogens is 457 g/mol. The Morgan fingerprint density at radius 3 is 2.32 bits per heavy atom. The van der Waals surface area contributed by atoms with Gasteiger partial charge in [-0.05, 0) is 36.4 Å². The van der Waals surface area contributed by atoms with E-state index < -0.39 is 42.3 Å². The topological polar surface area (TPSA) is 59.9 Å². The molecule has 0 unspecified atom stereocenters. The highest BCUT2D eigenvalue weighted by Gasteiger charge is 2.31. The molecule has 164 valence electrons. The van der Waals surface area contributed by atoms with Crippen LogP contribution in [0.1, 0.15) is 5.56 Å². The van der Waals surface area contributed by atoms with Gasteiger partial charge in [0.15, 0.2) is 12.4 Å². The monoisotopic (exact) mass is 466 g/mol. The molecule has 0 aliphatic heterocycles. The molecule has 1 aromatic heterocycles. The Morgan fingerprint density at radius 1 is 0.935 bits per heavy atom.